The second-order valence-corrected chi connectivity index (χ2v) is 16.1. The van der Waals surface area contributed by atoms with Crippen molar-refractivity contribution < 1.29 is 13.2 Å². The number of carbonyl (C=O) groups is 1. The molecule has 0 saturated carbocycles. The largest absolute Gasteiger partial charge is 0.339 e. The summed E-state index contributed by atoms with van der Waals surface area (Å²) in [6, 6.07) is 20.7. The van der Waals surface area contributed by atoms with Crippen LogP contribution >= 0.6 is 23.2 Å². The summed E-state index contributed by atoms with van der Waals surface area (Å²) in [5, 5.41) is 6.12. The predicted molar refractivity (Wildman–Crippen MR) is 187 cm³/mol. The van der Waals surface area contributed by atoms with E-state index in [0.29, 0.717) is 31.2 Å². The van der Waals surface area contributed by atoms with Crippen molar-refractivity contribution in [2.75, 3.05) is 19.6 Å². The highest BCUT2D eigenvalue weighted by Crippen LogP contribution is 2.45. The molecule has 8 nitrogen and oxygen atoms in total. The van der Waals surface area contributed by atoms with Gasteiger partial charge in [-0.1, -0.05) is 47.5 Å². The summed E-state index contributed by atoms with van der Waals surface area (Å²) < 4.78 is 26.6. The van der Waals surface area contributed by atoms with Crippen molar-refractivity contribution in [2.45, 2.75) is 87.2 Å². The minimum absolute atomic E-state index is 0.00414. The number of likely N-dealkylation sites (tertiary alicyclic amines) is 1. The summed E-state index contributed by atoms with van der Waals surface area (Å²) in [6.45, 7) is 6.27. The number of nitrogens with two attached hydrogens (primary N) is 1. The van der Waals surface area contributed by atoms with E-state index in [1.807, 2.05) is 11.8 Å². The molecule has 2 N–H and O–H groups in total. The van der Waals surface area contributed by atoms with E-state index in [1.165, 1.54) is 36.1 Å². The van der Waals surface area contributed by atoms with Crippen LogP contribution in [0.1, 0.15) is 78.3 Å². The quantitative estimate of drug-likeness (QED) is 0.224. The van der Waals surface area contributed by atoms with E-state index in [0.717, 1.165) is 60.6 Å². The van der Waals surface area contributed by atoms with Crippen molar-refractivity contribution >= 4 is 50.2 Å². The summed E-state index contributed by atoms with van der Waals surface area (Å²) >= 11 is 12.8. The Balaban J connectivity index is 1.09. The lowest BCUT2D eigenvalue weighted by Gasteiger charge is -2.46. The molecular weight excluding hydrogens is 653 g/mol. The lowest BCUT2D eigenvalue weighted by Crippen LogP contribution is -2.49. The number of amides is 1. The van der Waals surface area contributed by atoms with Gasteiger partial charge in [0.15, 0.2) is 0 Å². The number of nitrogens with zero attached hydrogens (tertiary/aromatic N) is 4. The molecule has 3 saturated heterocycles. The molecule has 3 fully saturated rings. The number of imidazole rings is 1. The highest BCUT2D eigenvalue weighted by atomic mass is 35.5. The fraction of sp³-hybridized carbons (Fsp3) is 0.444. The number of fused-ring (bicyclic) bond motifs is 3. The second-order valence-electron chi connectivity index (χ2n) is 13.7. The minimum atomic E-state index is -4.06. The molecule has 1 amide bonds. The van der Waals surface area contributed by atoms with E-state index in [1.54, 1.807) is 6.07 Å². The normalized spacial score (nSPS) is 23.0. The fourth-order valence-electron chi connectivity index (χ4n) is 8.57. The number of primary sulfonamides is 1. The second kappa shape index (κ2) is 12.5. The van der Waals surface area contributed by atoms with Gasteiger partial charge in [-0.05, 0) is 118 Å². The number of hydrogen-bond acceptors (Lipinski definition) is 5. The van der Waals surface area contributed by atoms with Crippen molar-refractivity contribution in [3.63, 3.8) is 0 Å². The van der Waals surface area contributed by atoms with Gasteiger partial charge in [0.05, 0.1) is 16.1 Å². The molecule has 0 radical (unpaired) electrons. The molecule has 1 unspecified atom stereocenters. The molecule has 3 aliphatic rings. The maximum absolute atomic E-state index is 13.6. The lowest BCUT2D eigenvalue weighted by atomic mass is 9.70. The Morgan fingerprint density at radius 2 is 1.64 bits per heavy atom. The number of hydrogen-bond donors (Lipinski definition) is 1. The number of para-hydroxylation sites is 2. The van der Waals surface area contributed by atoms with Crippen LogP contribution in [-0.4, -0.2) is 65.4 Å². The molecule has 4 heterocycles. The van der Waals surface area contributed by atoms with Crippen LogP contribution in [0.5, 0.6) is 0 Å². The summed E-state index contributed by atoms with van der Waals surface area (Å²) in [6.07, 6.45) is 7.27. The zero-order valence-electron chi connectivity index (χ0n) is 26.8. The maximum atomic E-state index is 13.6. The fourth-order valence-corrected chi connectivity index (χ4v) is 9.82. The third-order valence-corrected chi connectivity index (χ3v) is 12.9. The first-order valence-electron chi connectivity index (χ1n) is 16.5. The molecule has 7 rings (SSSR count). The van der Waals surface area contributed by atoms with Gasteiger partial charge in [0, 0.05) is 41.8 Å². The molecule has 0 spiro atoms. The van der Waals surface area contributed by atoms with E-state index in [4.69, 9.17) is 33.3 Å². The van der Waals surface area contributed by atoms with Gasteiger partial charge in [-0.25, -0.2) is 18.5 Å². The highest BCUT2D eigenvalue weighted by molar-refractivity contribution is 7.89. The number of halogens is 2. The van der Waals surface area contributed by atoms with Crippen molar-refractivity contribution in [2.24, 2.45) is 5.14 Å². The summed E-state index contributed by atoms with van der Waals surface area (Å²) in [5.41, 5.74) is 4.72. The van der Waals surface area contributed by atoms with Crippen LogP contribution in [-0.2, 0) is 15.4 Å². The zero-order chi connectivity index (χ0) is 33.1. The van der Waals surface area contributed by atoms with Crippen LogP contribution in [0.3, 0.4) is 0 Å². The molecule has 4 aromatic rings. The third kappa shape index (κ3) is 6.10. The van der Waals surface area contributed by atoms with E-state index in [-0.39, 0.29) is 26.8 Å². The average Bonchev–Trinajstić information content (AvgIpc) is 3.51. The van der Waals surface area contributed by atoms with E-state index in [2.05, 4.69) is 58.9 Å². The average molecular weight is 695 g/mol. The highest BCUT2D eigenvalue weighted by Gasteiger charge is 2.44. The summed E-state index contributed by atoms with van der Waals surface area (Å²) in [5.74, 6) is 0.879. The van der Waals surface area contributed by atoms with Crippen molar-refractivity contribution in [3.05, 3.63) is 93.2 Å². The van der Waals surface area contributed by atoms with Gasteiger partial charge in [0.1, 0.15) is 10.7 Å². The van der Waals surface area contributed by atoms with Gasteiger partial charge in [0.25, 0.3) is 5.91 Å². The Morgan fingerprint density at radius 1 is 0.936 bits per heavy atom. The number of rotatable bonds is 7. The van der Waals surface area contributed by atoms with Crippen LogP contribution in [0.4, 0.5) is 0 Å². The van der Waals surface area contributed by atoms with Gasteiger partial charge in [0.2, 0.25) is 10.0 Å². The first-order chi connectivity index (χ1) is 22.4. The molecule has 1 aromatic heterocycles. The smallest absolute Gasteiger partial charge is 0.253 e. The molecular formula is C36H41Cl2N5O3S. The van der Waals surface area contributed by atoms with Gasteiger partial charge in [-0.15, -0.1) is 0 Å². The molecule has 3 aliphatic heterocycles. The SMILES string of the molecule is Cc1ccc(C2(CCN3[C@@H]4CC[C@H]3CC(n3c(C)nc5ccccc53)C4)CCN(C(=O)c3ccc(Cl)c(S(N)(=O)=O)c3)CC2)cc1Cl. The van der Waals surface area contributed by atoms with Crippen LogP contribution in [0.2, 0.25) is 10.0 Å². The first-order valence-corrected chi connectivity index (χ1v) is 18.8. The Labute approximate surface area is 286 Å². The number of aryl methyl sites for hydroxylation is 2. The van der Waals surface area contributed by atoms with Crippen LogP contribution in [0.25, 0.3) is 11.0 Å². The Morgan fingerprint density at radius 3 is 2.32 bits per heavy atom. The Bertz CT molecular complexity index is 1940. The van der Waals surface area contributed by atoms with Gasteiger partial charge >= 0.3 is 0 Å². The summed E-state index contributed by atoms with van der Waals surface area (Å²) in [7, 11) is -4.06. The Kier molecular flexibility index (Phi) is 8.66. The molecule has 3 atom stereocenters. The number of benzene rings is 3. The molecule has 248 valence electrons. The topological polar surface area (TPSA) is 102 Å². The minimum Gasteiger partial charge on any atom is -0.339 e. The van der Waals surface area contributed by atoms with Crippen molar-refractivity contribution in [1.29, 1.82) is 0 Å². The van der Waals surface area contributed by atoms with Crippen molar-refractivity contribution in [3.8, 4) is 0 Å². The predicted octanol–water partition coefficient (Wildman–Crippen LogP) is 7.04. The van der Waals surface area contributed by atoms with E-state index >= 15 is 0 Å². The van der Waals surface area contributed by atoms with Gasteiger partial charge in [-0.2, -0.15) is 0 Å². The van der Waals surface area contributed by atoms with Crippen LogP contribution < -0.4 is 5.14 Å². The van der Waals surface area contributed by atoms with E-state index in [9.17, 15) is 13.2 Å². The molecule has 47 heavy (non-hydrogen) atoms. The van der Waals surface area contributed by atoms with Gasteiger partial charge in [-0.3, -0.25) is 9.69 Å². The number of aromatic nitrogens is 2. The van der Waals surface area contributed by atoms with Crippen LogP contribution in [0, 0.1) is 13.8 Å². The van der Waals surface area contributed by atoms with Gasteiger partial charge < -0.3 is 9.47 Å². The maximum Gasteiger partial charge on any atom is 0.253 e. The van der Waals surface area contributed by atoms with Crippen molar-refractivity contribution in [1.82, 2.24) is 19.4 Å². The van der Waals surface area contributed by atoms with Crippen LogP contribution in [0.15, 0.2) is 65.6 Å². The van der Waals surface area contributed by atoms with E-state index < -0.39 is 10.0 Å². The number of sulfonamides is 1. The number of piperidine rings is 2. The molecule has 0 aliphatic carbocycles. The zero-order valence-corrected chi connectivity index (χ0v) is 29.2. The molecule has 2 bridgehead atoms. The Hall–Kier alpha value is -2.95. The standard InChI is InChI=1S/C36H41Cl2N5O3S/c1-23-7-9-26(20-31(23)38)36(13-16-41(17-14-36)35(44)25-8-12-30(37)34(19-25)47(39,45)46)15-18-42-27-10-11-28(42)22-29(21-27)43-24(2)40-32-5-3-4-6-33(32)43/h3-9,12,19-20,27-29H,10-11,13-18,21-22H2,1-2H3,(H2,39,45,46)/t27-,28+,29?. The summed E-state index contributed by atoms with van der Waals surface area (Å²) in [4.78, 5) is 22.8. The molecule has 11 heteroatoms. The number of carbonyl (C=O) groups excluding carboxylic acids is 1. The monoisotopic (exact) mass is 693 g/mol. The first kappa shape index (κ1) is 32.6. The lowest BCUT2D eigenvalue weighted by molar-refractivity contribution is 0.0606. The third-order valence-electron chi connectivity index (χ3n) is 11.1. The molecule has 3 aromatic carbocycles.